The summed E-state index contributed by atoms with van der Waals surface area (Å²) in [5.74, 6) is 4.48. The maximum absolute atomic E-state index is 11.0. The van der Waals surface area contributed by atoms with Gasteiger partial charge in [0.1, 0.15) is 29.5 Å². The smallest absolute Gasteiger partial charge is 0.127 e. The summed E-state index contributed by atoms with van der Waals surface area (Å²) in [7, 11) is 0. The number of hydrogen-bond donors (Lipinski definition) is 1. The zero-order valence-electron chi connectivity index (χ0n) is 25.7. The SMILES string of the molecule is Cc1c(C)c2c(c(COc3ccc(Cl)cc3)c1O)CC[C@@](C)(CCC[C@H](C)CCC[C@H](C)CCCC(C)C)O2. The maximum atomic E-state index is 11.0. The third-order valence-electron chi connectivity index (χ3n) is 8.91. The minimum absolute atomic E-state index is 0.167. The highest BCUT2D eigenvalue weighted by Gasteiger charge is 2.35. The molecule has 0 amide bonds. The van der Waals surface area contributed by atoms with Gasteiger partial charge in [0.2, 0.25) is 0 Å². The highest BCUT2D eigenvalue weighted by Crippen LogP contribution is 2.45. The first-order chi connectivity index (χ1) is 18.5. The van der Waals surface area contributed by atoms with Crippen molar-refractivity contribution in [1.82, 2.24) is 0 Å². The molecule has 0 spiro atoms. The lowest BCUT2D eigenvalue weighted by molar-refractivity contribution is 0.0507. The summed E-state index contributed by atoms with van der Waals surface area (Å²) in [5.41, 5.74) is 3.69. The summed E-state index contributed by atoms with van der Waals surface area (Å²) in [6.45, 7) is 16.1. The van der Waals surface area contributed by atoms with Crippen LogP contribution in [0.15, 0.2) is 24.3 Å². The minimum Gasteiger partial charge on any atom is -0.507 e. The van der Waals surface area contributed by atoms with E-state index in [9.17, 15) is 5.11 Å². The number of phenols is 1. The van der Waals surface area contributed by atoms with Crippen LogP contribution in [0.3, 0.4) is 0 Å². The van der Waals surface area contributed by atoms with Crippen LogP contribution in [0.1, 0.15) is 121 Å². The molecular weight excluding hydrogens is 504 g/mol. The van der Waals surface area contributed by atoms with Crippen molar-refractivity contribution in [1.29, 1.82) is 0 Å². The van der Waals surface area contributed by atoms with E-state index in [1.165, 1.54) is 51.4 Å². The molecule has 3 rings (SSSR count). The predicted molar refractivity (Wildman–Crippen MR) is 165 cm³/mol. The Morgan fingerprint density at radius 1 is 0.897 bits per heavy atom. The normalized spacial score (nSPS) is 18.5. The largest absolute Gasteiger partial charge is 0.507 e. The van der Waals surface area contributed by atoms with E-state index >= 15 is 0 Å². The fraction of sp³-hybridized carbons (Fsp3) is 0.657. The Balaban J connectivity index is 1.51. The van der Waals surface area contributed by atoms with E-state index < -0.39 is 0 Å². The van der Waals surface area contributed by atoms with Crippen LogP contribution in [0.25, 0.3) is 0 Å². The maximum Gasteiger partial charge on any atom is 0.127 e. The Bertz CT molecular complexity index is 1050. The predicted octanol–water partition coefficient (Wildman–Crippen LogP) is 10.8. The van der Waals surface area contributed by atoms with Gasteiger partial charge in [-0.1, -0.05) is 84.2 Å². The van der Waals surface area contributed by atoms with Gasteiger partial charge in [-0.15, -0.1) is 0 Å². The average molecular weight is 557 g/mol. The number of hydrogen-bond acceptors (Lipinski definition) is 3. The monoisotopic (exact) mass is 556 g/mol. The summed E-state index contributed by atoms with van der Waals surface area (Å²) in [6.07, 6.45) is 13.6. The molecule has 2 aromatic rings. The van der Waals surface area contributed by atoms with Gasteiger partial charge in [0.05, 0.1) is 0 Å². The van der Waals surface area contributed by atoms with Gasteiger partial charge in [0.15, 0.2) is 0 Å². The molecule has 0 bridgehead atoms. The van der Waals surface area contributed by atoms with Gasteiger partial charge in [0, 0.05) is 16.1 Å². The molecule has 2 aromatic carbocycles. The first kappa shape index (κ1) is 31.7. The zero-order valence-corrected chi connectivity index (χ0v) is 26.4. The van der Waals surface area contributed by atoms with Crippen LogP contribution in [0.4, 0.5) is 0 Å². The van der Waals surface area contributed by atoms with Crippen molar-refractivity contribution in [2.24, 2.45) is 17.8 Å². The van der Waals surface area contributed by atoms with Crippen LogP contribution in [0, 0.1) is 31.6 Å². The van der Waals surface area contributed by atoms with Crippen molar-refractivity contribution in [3.8, 4) is 17.2 Å². The van der Waals surface area contributed by atoms with Gasteiger partial charge >= 0.3 is 0 Å². The number of ether oxygens (including phenoxy) is 2. The Hall–Kier alpha value is -1.87. The molecule has 39 heavy (non-hydrogen) atoms. The van der Waals surface area contributed by atoms with Crippen LogP contribution in [0.5, 0.6) is 17.2 Å². The number of phenolic OH excluding ortho intramolecular Hbond substituents is 1. The van der Waals surface area contributed by atoms with Crippen LogP contribution >= 0.6 is 11.6 Å². The lowest BCUT2D eigenvalue weighted by Crippen LogP contribution is -2.37. The molecule has 0 fully saturated rings. The number of rotatable bonds is 15. The third-order valence-corrected chi connectivity index (χ3v) is 9.16. The van der Waals surface area contributed by atoms with Crippen LogP contribution in [0.2, 0.25) is 5.02 Å². The fourth-order valence-electron chi connectivity index (χ4n) is 5.99. The molecule has 0 radical (unpaired) electrons. The standard InChI is InChI=1S/C35H53ClO3/c1-24(2)11-8-12-25(3)13-9-14-26(4)15-10-21-35(7)22-20-31-32(23-38-30-18-16-29(36)17-19-30)33(37)27(5)28(6)34(31)39-35/h16-19,24-26,37H,8-15,20-23H2,1-7H3/t25-,26-,35-/m1/s1. The molecule has 0 aromatic heterocycles. The van der Waals surface area contributed by atoms with E-state index in [0.29, 0.717) is 17.4 Å². The topological polar surface area (TPSA) is 38.7 Å². The van der Waals surface area contributed by atoms with Crippen molar-refractivity contribution in [2.45, 2.75) is 131 Å². The number of halogens is 1. The molecule has 1 aliphatic rings. The molecule has 0 unspecified atom stereocenters. The molecule has 3 nitrogen and oxygen atoms in total. The molecule has 4 heteroatoms. The third kappa shape index (κ3) is 9.34. The second-order valence-electron chi connectivity index (χ2n) is 13.0. The first-order valence-corrected chi connectivity index (χ1v) is 15.8. The first-order valence-electron chi connectivity index (χ1n) is 15.4. The number of benzene rings is 2. The zero-order chi connectivity index (χ0) is 28.6. The van der Waals surface area contributed by atoms with Crippen LogP contribution < -0.4 is 9.47 Å². The van der Waals surface area contributed by atoms with E-state index in [0.717, 1.165) is 70.8 Å². The summed E-state index contributed by atoms with van der Waals surface area (Å²) >= 11 is 6.01. The molecular formula is C35H53ClO3. The molecule has 1 aliphatic heterocycles. The van der Waals surface area contributed by atoms with Gasteiger partial charge in [-0.25, -0.2) is 0 Å². The van der Waals surface area contributed by atoms with Crippen molar-refractivity contribution < 1.29 is 14.6 Å². The highest BCUT2D eigenvalue weighted by molar-refractivity contribution is 6.30. The second kappa shape index (κ2) is 14.7. The Labute approximate surface area is 243 Å². The Kier molecular flexibility index (Phi) is 11.9. The summed E-state index contributed by atoms with van der Waals surface area (Å²) < 4.78 is 12.8. The summed E-state index contributed by atoms with van der Waals surface area (Å²) in [6, 6.07) is 7.35. The second-order valence-corrected chi connectivity index (χ2v) is 13.5. The molecule has 218 valence electrons. The van der Waals surface area contributed by atoms with Gasteiger partial charge in [-0.05, 0) is 99.6 Å². The summed E-state index contributed by atoms with van der Waals surface area (Å²) in [5, 5.41) is 11.7. The van der Waals surface area contributed by atoms with Crippen LogP contribution in [-0.2, 0) is 13.0 Å². The van der Waals surface area contributed by atoms with E-state index in [4.69, 9.17) is 21.1 Å². The fourth-order valence-corrected chi connectivity index (χ4v) is 6.12. The Morgan fingerprint density at radius 3 is 2.10 bits per heavy atom. The van der Waals surface area contributed by atoms with Crippen molar-refractivity contribution >= 4 is 11.6 Å². The van der Waals surface area contributed by atoms with Crippen molar-refractivity contribution in [3.63, 3.8) is 0 Å². The minimum atomic E-state index is -0.167. The van der Waals surface area contributed by atoms with Gasteiger partial charge in [-0.2, -0.15) is 0 Å². The number of fused-ring (bicyclic) bond motifs is 1. The molecule has 0 saturated carbocycles. The lowest BCUT2D eigenvalue weighted by Gasteiger charge is -2.38. The van der Waals surface area contributed by atoms with Gasteiger partial charge in [-0.3, -0.25) is 0 Å². The van der Waals surface area contributed by atoms with E-state index in [1.807, 2.05) is 31.2 Å². The molecule has 0 aliphatic carbocycles. The van der Waals surface area contributed by atoms with E-state index in [-0.39, 0.29) is 5.60 Å². The quantitative estimate of drug-likeness (QED) is 0.237. The van der Waals surface area contributed by atoms with E-state index in [1.54, 1.807) is 0 Å². The highest BCUT2D eigenvalue weighted by atomic mass is 35.5. The van der Waals surface area contributed by atoms with Crippen molar-refractivity contribution in [3.05, 3.63) is 51.5 Å². The molecule has 0 saturated heterocycles. The number of aromatic hydroxyl groups is 1. The molecule has 3 atom stereocenters. The molecule has 1 N–H and O–H groups in total. The van der Waals surface area contributed by atoms with Gasteiger partial charge < -0.3 is 14.6 Å². The average Bonchev–Trinajstić information content (AvgIpc) is 2.88. The molecule has 1 heterocycles. The van der Waals surface area contributed by atoms with E-state index in [2.05, 4.69) is 41.5 Å². The van der Waals surface area contributed by atoms with Crippen LogP contribution in [-0.4, -0.2) is 10.7 Å². The van der Waals surface area contributed by atoms with Gasteiger partial charge in [0.25, 0.3) is 0 Å². The Morgan fingerprint density at radius 2 is 1.49 bits per heavy atom. The lowest BCUT2D eigenvalue weighted by atomic mass is 9.83. The summed E-state index contributed by atoms with van der Waals surface area (Å²) in [4.78, 5) is 0. The van der Waals surface area contributed by atoms with Crippen molar-refractivity contribution in [2.75, 3.05) is 0 Å².